The number of esters is 1. The van der Waals surface area contributed by atoms with Crippen LogP contribution < -0.4 is 0 Å². The molecule has 0 unspecified atom stereocenters. The maximum Gasteiger partial charge on any atom is 0.335 e. The molecule has 2 nitrogen and oxygen atoms in total. The van der Waals surface area contributed by atoms with Crippen molar-refractivity contribution in [1.29, 1.82) is 0 Å². The van der Waals surface area contributed by atoms with Crippen molar-refractivity contribution >= 4 is 5.97 Å². The molecule has 0 saturated heterocycles. The highest BCUT2D eigenvalue weighted by Crippen LogP contribution is 1.78. The minimum atomic E-state index is -0.387. The normalized spacial score (nSPS) is 9.12. The van der Waals surface area contributed by atoms with E-state index in [1.54, 1.807) is 13.0 Å². The summed E-state index contributed by atoms with van der Waals surface area (Å²) in [7, 11) is 0. The van der Waals surface area contributed by atoms with E-state index in [1.807, 2.05) is 0 Å². The molecule has 0 amide bonds. The van der Waals surface area contributed by atoms with Gasteiger partial charge in [-0.1, -0.05) is 12.7 Å². The lowest BCUT2D eigenvalue weighted by Gasteiger charge is -1.86. The van der Waals surface area contributed by atoms with E-state index >= 15 is 0 Å². The van der Waals surface area contributed by atoms with E-state index in [-0.39, 0.29) is 5.97 Å². The van der Waals surface area contributed by atoms with Crippen LogP contribution in [0.15, 0.2) is 25.0 Å². The van der Waals surface area contributed by atoms with Crippen LogP contribution in [0.5, 0.6) is 0 Å². The van der Waals surface area contributed by atoms with Gasteiger partial charge in [0.25, 0.3) is 0 Å². The quantitative estimate of drug-likeness (QED) is 0.305. The van der Waals surface area contributed by atoms with Crippen LogP contribution in [0, 0.1) is 0 Å². The van der Waals surface area contributed by atoms with Crippen LogP contribution in [0.25, 0.3) is 0 Å². The second-order valence-corrected chi connectivity index (χ2v) is 1.10. The molecule has 44 valence electrons. The predicted octanol–water partition coefficient (Wildman–Crippen LogP) is 1.25. The zero-order valence-corrected chi connectivity index (χ0v) is 4.76. The van der Waals surface area contributed by atoms with Gasteiger partial charge in [-0.05, 0) is 6.92 Å². The Morgan fingerprint density at radius 3 is 2.75 bits per heavy atom. The maximum absolute atomic E-state index is 10.3. The molecule has 0 aromatic heterocycles. The molecule has 0 saturated carbocycles. The SMILES string of the molecule is C=COC(=O)C=CC. The number of hydrogen-bond donors (Lipinski definition) is 0. The maximum atomic E-state index is 10.3. The Kier molecular flexibility index (Phi) is 3.58. The molecule has 8 heavy (non-hydrogen) atoms. The molecule has 2 heteroatoms. The molecule has 0 aromatic carbocycles. The summed E-state index contributed by atoms with van der Waals surface area (Å²) in [5, 5.41) is 0. The number of carbonyl (C=O) groups is 1. The van der Waals surface area contributed by atoms with Gasteiger partial charge in [0, 0.05) is 6.08 Å². The molecule has 0 rings (SSSR count). The molecule has 0 atom stereocenters. The van der Waals surface area contributed by atoms with Crippen molar-refractivity contribution in [3.63, 3.8) is 0 Å². The number of ether oxygens (including phenoxy) is 1. The molecule has 0 bridgehead atoms. The third-order valence-electron chi connectivity index (χ3n) is 0.502. The van der Waals surface area contributed by atoms with Crippen molar-refractivity contribution in [1.82, 2.24) is 0 Å². The standard InChI is InChI=1S/C6H8O2/c1-3-5-6(7)8-4-2/h3-5H,2H2,1H3. The first-order valence-corrected chi connectivity index (χ1v) is 2.25. The van der Waals surface area contributed by atoms with Crippen LogP contribution in [0.1, 0.15) is 6.92 Å². The van der Waals surface area contributed by atoms with Gasteiger partial charge in [-0.2, -0.15) is 0 Å². The number of allylic oxidation sites excluding steroid dienone is 1. The third kappa shape index (κ3) is 3.15. The first kappa shape index (κ1) is 6.95. The lowest BCUT2D eigenvalue weighted by atomic mass is 10.5. The zero-order valence-electron chi connectivity index (χ0n) is 4.76. The molecule has 0 aliphatic heterocycles. The van der Waals surface area contributed by atoms with Crippen LogP contribution in [0.3, 0.4) is 0 Å². The summed E-state index contributed by atoms with van der Waals surface area (Å²) < 4.78 is 4.32. The Balaban J connectivity index is 3.48. The van der Waals surface area contributed by atoms with Gasteiger partial charge < -0.3 is 4.74 Å². The topological polar surface area (TPSA) is 26.3 Å². The molecule has 0 aromatic rings. The van der Waals surface area contributed by atoms with E-state index in [2.05, 4.69) is 11.3 Å². The summed E-state index contributed by atoms with van der Waals surface area (Å²) in [6.45, 7) is 4.95. The van der Waals surface area contributed by atoms with Crippen molar-refractivity contribution in [2.24, 2.45) is 0 Å². The van der Waals surface area contributed by atoms with Crippen LogP contribution in [0.4, 0.5) is 0 Å². The lowest BCUT2D eigenvalue weighted by Crippen LogP contribution is -1.91. The highest BCUT2D eigenvalue weighted by molar-refractivity contribution is 5.82. The molecular weight excluding hydrogens is 104 g/mol. The van der Waals surface area contributed by atoms with Gasteiger partial charge >= 0.3 is 5.97 Å². The van der Waals surface area contributed by atoms with Crippen LogP contribution >= 0.6 is 0 Å². The minimum absolute atomic E-state index is 0.387. The molecule has 0 aliphatic rings. The first-order chi connectivity index (χ1) is 3.81. The Labute approximate surface area is 48.5 Å². The monoisotopic (exact) mass is 112 g/mol. The summed E-state index contributed by atoms with van der Waals surface area (Å²) in [6.07, 6.45) is 4.02. The van der Waals surface area contributed by atoms with Gasteiger partial charge in [-0.15, -0.1) is 0 Å². The Hall–Kier alpha value is -1.05. The fourth-order valence-corrected chi connectivity index (χ4v) is 0.257. The van der Waals surface area contributed by atoms with Gasteiger partial charge in [0.15, 0.2) is 0 Å². The van der Waals surface area contributed by atoms with Crippen molar-refractivity contribution in [3.05, 3.63) is 25.0 Å². The van der Waals surface area contributed by atoms with Crippen molar-refractivity contribution in [3.8, 4) is 0 Å². The molecule has 0 spiro atoms. The fourth-order valence-electron chi connectivity index (χ4n) is 0.257. The third-order valence-corrected chi connectivity index (χ3v) is 0.502. The second kappa shape index (κ2) is 4.12. The van der Waals surface area contributed by atoms with E-state index < -0.39 is 0 Å². The van der Waals surface area contributed by atoms with E-state index in [0.717, 1.165) is 6.26 Å². The van der Waals surface area contributed by atoms with E-state index in [1.165, 1.54) is 6.08 Å². The zero-order chi connectivity index (χ0) is 6.41. The van der Waals surface area contributed by atoms with Crippen LogP contribution in [0.2, 0.25) is 0 Å². The Morgan fingerprint density at radius 2 is 2.38 bits per heavy atom. The second-order valence-electron chi connectivity index (χ2n) is 1.10. The smallest absolute Gasteiger partial charge is 0.335 e. The average molecular weight is 112 g/mol. The van der Waals surface area contributed by atoms with Crippen LogP contribution in [-0.4, -0.2) is 5.97 Å². The Morgan fingerprint density at radius 1 is 1.75 bits per heavy atom. The molecule has 0 N–H and O–H groups in total. The molecule has 0 radical (unpaired) electrons. The summed E-state index contributed by atoms with van der Waals surface area (Å²) in [5.41, 5.74) is 0. The minimum Gasteiger partial charge on any atom is -0.432 e. The number of hydrogen-bond acceptors (Lipinski definition) is 2. The van der Waals surface area contributed by atoms with Crippen molar-refractivity contribution < 1.29 is 9.53 Å². The van der Waals surface area contributed by atoms with Crippen molar-refractivity contribution in [2.75, 3.05) is 0 Å². The summed E-state index contributed by atoms with van der Waals surface area (Å²) in [4.78, 5) is 10.3. The number of carbonyl (C=O) groups excluding carboxylic acids is 1. The van der Waals surface area contributed by atoms with Gasteiger partial charge in [0.05, 0.1) is 6.26 Å². The lowest BCUT2D eigenvalue weighted by molar-refractivity contribution is -0.132. The van der Waals surface area contributed by atoms with Gasteiger partial charge in [-0.3, -0.25) is 0 Å². The predicted molar refractivity (Wildman–Crippen MR) is 31.1 cm³/mol. The Bertz CT molecular complexity index is 114. The van der Waals surface area contributed by atoms with Crippen molar-refractivity contribution in [2.45, 2.75) is 6.92 Å². The highest BCUT2D eigenvalue weighted by Gasteiger charge is 1.86. The average Bonchev–Trinajstić information content (AvgIpc) is 1.68. The van der Waals surface area contributed by atoms with E-state index in [4.69, 9.17) is 0 Å². The summed E-state index contributed by atoms with van der Waals surface area (Å²) in [6, 6.07) is 0. The first-order valence-electron chi connectivity index (χ1n) is 2.25. The van der Waals surface area contributed by atoms with Crippen LogP contribution in [-0.2, 0) is 9.53 Å². The summed E-state index contributed by atoms with van der Waals surface area (Å²) in [5.74, 6) is -0.387. The number of rotatable bonds is 2. The largest absolute Gasteiger partial charge is 0.432 e. The van der Waals surface area contributed by atoms with Gasteiger partial charge in [-0.25, -0.2) is 4.79 Å². The van der Waals surface area contributed by atoms with Gasteiger partial charge in [0.2, 0.25) is 0 Å². The van der Waals surface area contributed by atoms with E-state index in [0.29, 0.717) is 0 Å². The van der Waals surface area contributed by atoms with E-state index in [9.17, 15) is 4.79 Å². The highest BCUT2D eigenvalue weighted by atomic mass is 16.5. The fraction of sp³-hybridized carbons (Fsp3) is 0.167. The summed E-state index contributed by atoms with van der Waals surface area (Å²) >= 11 is 0. The molecule has 0 heterocycles. The molecule has 0 aliphatic carbocycles. The molecule has 0 fully saturated rings. The van der Waals surface area contributed by atoms with Gasteiger partial charge in [0.1, 0.15) is 0 Å². The molecular formula is C6H8O2.